The number of Topliss-reactive ketones (excluding diaryl/α,β-unsaturated/α-hetero) is 1. The van der Waals surface area contributed by atoms with E-state index in [1.54, 1.807) is 12.1 Å². The number of carbonyl (C=O) groups is 2. The average molecular weight is 337 g/mol. The van der Waals surface area contributed by atoms with Gasteiger partial charge in [-0.2, -0.15) is 5.26 Å². The summed E-state index contributed by atoms with van der Waals surface area (Å²) in [7, 11) is 0. The number of ketones is 1. The van der Waals surface area contributed by atoms with E-state index in [0.29, 0.717) is 17.6 Å². The lowest BCUT2D eigenvalue weighted by Crippen LogP contribution is -2.35. The fourth-order valence-corrected chi connectivity index (χ4v) is 3.98. The number of oxazole rings is 1. The monoisotopic (exact) mass is 337 g/mol. The highest BCUT2D eigenvalue weighted by Gasteiger charge is 2.42. The summed E-state index contributed by atoms with van der Waals surface area (Å²) < 4.78 is 5.60. The highest BCUT2D eigenvalue weighted by molar-refractivity contribution is 5.95. The number of rotatable bonds is 4. The van der Waals surface area contributed by atoms with Crippen LogP contribution in [0.5, 0.6) is 0 Å². The Morgan fingerprint density at radius 1 is 1.32 bits per heavy atom. The number of fused-ring (bicyclic) bond motifs is 1. The Kier molecular flexibility index (Phi) is 4.00. The molecule has 1 aromatic heterocycles. The van der Waals surface area contributed by atoms with E-state index in [0.717, 1.165) is 25.7 Å². The van der Waals surface area contributed by atoms with Crippen molar-refractivity contribution in [3.8, 4) is 6.07 Å². The lowest BCUT2D eigenvalue weighted by atomic mass is 9.92. The predicted octanol–water partition coefficient (Wildman–Crippen LogP) is 2.80. The zero-order valence-electron chi connectivity index (χ0n) is 13.9. The van der Waals surface area contributed by atoms with Crippen LogP contribution in [0.4, 0.5) is 0 Å². The molecule has 2 atom stereocenters. The summed E-state index contributed by atoms with van der Waals surface area (Å²) >= 11 is 0. The van der Waals surface area contributed by atoms with Crippen LogP contribution in [0.1, 0.15) is 43.9 Å². The molecule has 2 heterocycles. The second-order valence-electron chi connectivity index (χ2n) is 6.87. The van der Waals surface area contributed by atoms with Crippen LogP contribution < -0.4 is 0 Å². The second kappa shape index (κ2) is 6.32. The Morgan fingerprint density at radius 2 is 2.08 bits per heavy atom. The lowest BCUT2D eigenvalue weighted by Gasteiger charge is -2.24. The van der Waals surface area contributed by atoms with Gasteiger partial charge >= 0.3 is 0 Å². The van der Waals surface area contributed by atoms with Crippen LogP contribution in [0.25, 0.3) is 11.1 Å². The summed E-state index contributed by atoms with van der Waals surface area (Å²) in [5, 5.41) is 9.51. The van der Waals surface area contributed by atoms with E-state index >= 15 is 0 Å². The molecule has 25 heavy (non-hydrogen) atoms. The van der Waals surface area contributed by atoms with Crippen molar-refractivity contribution in [1.82, 2.24) is 9.88 Å². The number of benzene rings is 1. The fourth-order valence-electron chi connectivity index (χ4n) is 3.98. The Bertz CT molecular complexity index is 827. The number of aromatic nitrogens is 1. The van der Waals surface area contributed by atoms with Gasteiger partial charge < -0.3 is 9.32 Å². The van der Waals surface area contributed by atoms with Crippen molar-refractivity contribution < 1.29 is 14.0 Å². The number of carbonyl (C=O) groups excluding carboxylic acids is 2. The first-order valence-electron chi connectivity index (χ1n) is 8.75. The number of hydrogen-bond donors (Lipinski definition) is 0. The lowest BCUT2D eigenvalue weighted by molar-refractivity contribution is -0.130. The first-order chi connectivity index (χ1) is 12.2. The molecule has 2 aromatic rings. The Labute approximate surface area is 145 Å². The van der Waals surface area contributed by atoms with Gasteiger partial charge in [-0.1, -0.05) is 25.0 Å². The topological polar surface area (TPSA) is 87.2 Å². The van der Waals surface area contributed by atoms with E-state index in [1.807, 2.05) is 23.1 Å². The molecule has 2 aliphatic rings. The van der Waals surface area contributed by atoms with Gasteiger partial charge in [0.1, 0.15) is 5.52 Å². The normalized spacial score (nSPS) is 22.4. The van der Waals surface area contributed by atoms with Gasteiger partial charge in [-0.25, -0.2) is 4.98 Å². The smallest absolute Gasteiger partial charge is 0.223 e. The molecule has 1 amide bonds. The molecule has 1 saturated carbocycles. The number of nitrogens with zero attached hydrogens (tertiary/aromatic N) is 3. The molecule has 0 N–H and O–H groups in total. The Morgan fingerprint density at radius 3 is 2.80 bits per heavy atom. The quantitative estimate of drug-likeness (QED) is 0.856. The van der Waals surface area contributed by atoms with E-state index < -0.39 is 11.8 Å². The number of nitriles is 1. The average Bonchev–Trinajstić information content (AvgIpc) is 3.33. The zero-order valence-corrected chi connectivity index (χ0v) is 13.9. The summed E-state index contributed by atoms with van der Waals surface area (Å²) in [5.74, 6) is -1.62. The second-order valence-corrected chi connectivity index (χ2v) is 6.87. The molecule has 4 rings (SSSR count). The van der Waals surface area contributed by atoms with Crippen LogP contribution in [0.2, 0.25) is 0 Å². The number of para-hydroxylation sites is 2. The molecule has 1 aromatic carbocycles. The zero-order chi connectivity index (χ0) is 17.4. The van der Waals surface area contributed by atoms with Gasteiger partial charge in [0.15, 0.2) is 17.3 Å². The van der Waals surface area contributed by atoms with Gasteiger partial charge in [0.25, 0.3) is 0 Å². The van der Waals surface area contributed by atoms with Crippen molar-refractivity contribution in [1.29, 1.82) is 5.26 Å². The first-order valence-corrected chi connectivity index (χ1v) is 8.75. The molecule has 1 saturated heterocycles. The Hall–Kier alpha value is -2.68. The summed E-state index contributed by atoms with van der Waals surface area (Å²) in [6.07, 6.45) is 4.49. The van der Waals surface area contributed by atoms with E-state index in [1.165, 1.54) is 0 Å². The van der Waals surface area contributed by atoms with Gasteiger partial charge in [0, 0.05) is 24.9 Å². The van der Waals surface area contributed by atoms with E-state index in [4.69, 9.17) is 4.42 Å². The van der Waals surface area contributed by atoms with Gasteiger partial charge in [-0.15, -0.1) is 0 Å². The summed E-state index contributed by atoms with van der Waals surface area (Å²) in [6, 6.07) is 9.46. The molecule has 6 heteroatoms. The molecule has 128 valence electrons. The molecular formula is C19H19N3O3. The van der Waals surface area contributed by atoms with E-state index in [-0.39, 0.29) is 30.0 Å². The van der Waals surface area contributed by atoms with Crippen molar-refractivity contribution in [3.05, 3.63) is 30.2 Å². The number of amides is 1. The third-order valence-electron chi connectivity index (χ3n) is 5.30. The third-order valence-corrected chi connectivity index (χ3v) is 5.30. The van der Waals surface area contributed by atoms with Crippen molar-refractivity contribution in [2.24, 2.45) is 5.92 Å². The number of likely N-dealkylation sites (tertiary alicyclic amines) is 1. The van der Waals surface area contributed by atoms with Crippen molar-refractivity contribution in [2.75, 3.05) is 6.54 Å². The highest BCUT2D eigenvalue weighted by Crippen LogP contribution is 2.32. The van der Waals surface area contributed by atoms with Crippen LogP contribution in [-0.2, 0) is 9.59 Å². The standard InChI is InChI=1S/C19H19N3O3/c20-10-14(19-21-15-7-3-4-8-16(15)25-19)18(24)12-9-17(23)22(11-12)13-5-1-2-6-13/h3-4,7-8,12-14H,1-2,5-6,9,11H2. The molecule has 2 unspecified atom stereocenters. The van der Waals surface area contributed by atoms with Crippen LogP contribution in [0.3, 0.4) is 0 Å². The molecule has 1 aliphatic heterocycles. The summed E-state index contributed by atoms with van der Waals surface area (Å²) in [5.41, 5.74) is 1.18. The van der Waals surface area contributed by atoms with Crippen LogP contribution in [0, 0.1) is 17.2 Å². The fraction of sp³-hybridized carbons (Fsp3) is 0.474. The van der Waals surface area contributed by atoms with E-state index in [2.05, 4.69) is 4.98 Å². The maximum Gasteiger partial charge on any atom is 0.223 e. The van der Waals surface area contributed by atoms with E-state index in [9.17, 15) is 14.9 Å². The van der Waals surface area contributed by atoms with Crippen LogP contribution in [-0.4, -0.2) is 34.2 Å². The van der Waals surface area contributed by atoms with Gasteiger partial charge in [-0.3, -0.25) is 9.59 Å². The van der Waals surface area contributed by atoms with Crippen LogP contribution >= 0.6 is 0 Å². The van der Waals surface area contributed by atoms with Gasteiger partial charge in [0.05, 0.1) is 6.07 Å². The minimum Gasteiger partial charge on any atom is -0.439 e. The summed E-state index contributed by atoms with van der Waals surface area (Å²) in [6.45, 7) is 0.417. The van der Waals surface area contributed by atoms with Gasteiger partial charge in [0.2, 0.25) is 11.8 Å². The largest absolute Gasteiger partial charge is 0.439 e. The predicted molar refractivity (Wildman–Crippen MR) is 89.4 cm³/mol. The molecule has 6 nitrogen and oxygen atoms in total. The minimum absolute atomic E-state index is 0.0273. The molecular weight excluding hydrogens is 318 g/mol. The maximum atomic E-state index is 12.9. The summed E-state index contributed by atoms with van der Waals surface area (Å²) in [4.78, 5) is 31.3. The molecule has 0 radical (unpaired) electrons. The number of hydrogen-bond acceptors (Lipinski definition) is 5. The van der Waals surface area contributed by atoms with Crippen LogP contribution in [0.15, 0.2) is 28.7 Å². The first kappa shape index (κ1) is 15.8. The Balaban J connectivity index is 1.54. The molecule has 1 aliphatic carbocycles. The molecule has 0 spiro atoms. The highest BCUT2D eigenvalue weighted by atomic mass is 16.3. The van der Waals surface area contributed by atoms with Crippen molar-refractivity contribution in [3.63, 3.8) is 0 Å². The van der Waals surface area contributed by atoms with Crippen molar-refractivity contribution >= 4 is 22.8 Å². The van der Waals surface area contributed by atoms with Gasteiger partial charge in [-0.05, 0) is 25.0 Å². The van der Waals surface area contributed by atoms with Crippen molar-refractivity contribution in [2.45, 2.75) is 44.1 Å². The minimum atomic E-state index is -1.06. The molecule has 0 bridgehead atoms. The SMILES string of the molecule is N#CC(C(=O)C1CC(=O)N(C2CCCC2)C1)c1nc2ccccc2o1. The third kappa shape index (κ3) is 2.80. The maximum absolute atomic E-state index is 12.9. The molecule has 2 fully saturated rings.